The van der Waals surface area contributed by atoms with Crippen LogP contribution in [0.3, 0.4) is 0 Å². The highest BCUT2D eigenvalue weighted by Gasteiger charge is 2.28. The van der Waals surface area contributed by atoms with Crippen LogP contribution in [-0.2, 0) is 16.6 Å². The van der Waals surface area contributed by atoms with E-state index < -0.39 is 10.0 Å². The van der Waals surface area contributed by atoms with E-state index in [1.165, 1.54) is 6.07 Å². The van der Waals surface area contributed by atoms with Gasteiger partial charge in [-0.1, -0.05) is 24.3 Å². The number of para-hydroxylation sites is 1. The number of rotatable bonds is 4. The molecule has 4 aromatic rings. The van der Waals surface area contributed by atoms with Gasteiger partial charge in [-0.25, -0.2) is 4.98 Å². The first-order chi connectivity index (χ1) is 15.0. The number of amides is 1. The van der Waals surface area contributed by atoms with Crippen LogP contribution in [0.4, 0.5) is 5.69 Å². The third kappa shape index (κ3) is 3.80. The highest BCUT2D eigenvalue weighted by molar-refractivity contribution is 7.90. The van der Waals surface area contributed by atoms with Gasteiger partial charge in [0.2, 0.25) is 0 Å². The van der Waals surface area contributed by atoms with Crippen LogP contribution in [-0.4, -0.2) is 25.1 Å². The van der Waals surface area contributed by atoms with Gasteiger partial charge in [-0.3, -0.25) is 4.79 Å². The first-order valence-corrected chi connectivity index (χ1v) is 11.7. The summed E-state index contributed by atoms with van der Waals surface area (Å²) < 4.78 is 29.2. The Morgan fingerprint density at radius 1 is 0.935 bits per heavy atom. The molecule has 0 aliphatic carbocycles. The first-order valence-electron chi connectivity index (χ1n) is 9.44. The molecule has 0 fully saturated rings. The number of hydrogen-bond donors (Lipinski definition) is 2. The van der Waals surface area contributed by atoms with Crippen molar-refractivity contribution in [1.29, 1.82) is 0 Å². The number of amidine groups is 1. The summed E-state index contributed by atoms with van der Waals surface area (Å²) in [6, 6.07) is 21.3. The summed E-state index contributed by atoms with van der Waals surface area (Å²) in [6.45, 7) is 0.351. The standard InChI is InChI=1S/C22H16N4O3S2/c27-22(23-13-20-25-17-6-2-3-7-18(17)30-20)14-9-11-15(12-10-14)24-21-16-5-1-4-8-19(16)31(28,29)26-21/h1-12H,13H2,(H,23,27)(H,24,26). The van der Waals surface area contributed by atoms with Crippen LogP contribution in [0.5, 0.6) is 0 Å². The van der Waals surface area contributed by atoms with Crippen molar-refractivity contribution in [2.45, 2.75) is 11.4 Å². The maximum atomic E-state index is 12.5. The van der Waals surface area contributed by atoms with Crippen molar-refractivity contribution in [3.63, 3.8) is 0 Å². The number of sulfonamides is 1. The van der Waals surface area contributed by atoms with Gasteiger partial charge in [-0.15, -0.1) is 15.7 Å². The van der Waals surface area contributed by atoms with Crippen molar-refractivity contribution in [1.82, 2.24) is 10.3 Å². The molecule has 0 unspecified atom stereocenters. The molecule has 31 heavy (non-hydrogen) atoms. The predicted molar refractivity (Wildman–Crippen MR) is 121 cm³/mol. The molecular weight excluding hydrogens is 432 g/mol. The summed E-state index contributed by atoms with van der Waals surface area (Å²) >= 11 is 1.55. The van der Waals surface area contributed by atoms with Crippen molar-refractivity contribution in [2.24, 2.45) is 4.40 Å². The van der Waals surface area contributed by atoms with Crippen LogP contribution >= 0.6 is 11.3 Å². The van der Waals surface area contributed by atoms with Gasteiger partial charge in [0.1, 0.15) is 9.90 Å². The molecule has 1 aliphatic rings. The molecule has 1 aromatic heterocycles. The van der Waals surface area contributed by atoms with Crippen LogP contribution in [0.2, 0.25) is 0 Å². The second-order valence-corrected chi connectivity index (χ2v) is 9.56. The molecule has 3 aromatic carbocycles. The highest BCUT2D eigenvalue weighted by Crippen LogP contribution is 2.27. The minimum atomic E-state index is -3.68. The molecule has 1 aliphatic heterocycles. The number of carbonyl (C=O) groups is 1. The molecule has 0 radical (unpaired) electrons. The predicted octanol–water partition coefficient (Wildman–Crippen LogP) is 3.79. The summed E-state index contributed by atoms with van der Waals surface area (Å²) in [5.41, 5.74) is 2.58. The van der Waals surface area contributed by atoms with Gasteiger partial charge in [-0.05, 0) is 48.5 Å². The van der Waals surface area contributed by atoms with Crippen LogP contribution in [0.1, 0.15) is 20.9 Å². The van der Waals surface area contributed by atoms with Crippen molar-refractivity contribution >= 4 is 49.0 Å². The molecule has 154 valence electrons. The van der Waals surface area contributed by atoms with Gasteiger partial charge >= 0.3 is 0 Å². The number of thiazole rings is 1. The Morgan fingerprint density at radius 3 is 2.48 bits per heavy atom. The van der Waals surface area contributed by atoms with E-state index in [9.17, 15) is 13.2 Å². The normalized spacial score (nSPS) is 14.1. The molecule has 7 nitrogen and oxygen atoms in total. The largest absolute Gasteiger partial charge is 0.346 e. The number of nitrogens with one attached hydrogen (secondary N) is 2. The second kappa shape index (κ2) is 7.60. The number of aromatic nitrogens is 1. The average molecular weight is 449 g/mol. The topological polar surface area (TPSA) is 101 Å². The third-order valence-corrected chi connectivity index (χ3v) is 7.15. The Morgan fingerprint density at radius 2 is 1.68 bits per heavy atom. The minimum absolute atomic E-state index is 0.184. The molecule has 2 N–H and O–H groups in total. The van der Waals surface area contributed by atoms with Gasteiger partial charge in [0, 0.05) is 16.8 Å². The second-order valence-electron chi connectivity index (χ2n) is 6.87. The summed E-state index contributed by atoms with van der Waals surface area (Å²) in [5, 5.41) is 6.74. The van der Waals surface area contributed by atoms with Gasteiger partial charge in [-0.2, -0.15) is 8.42 Å². The number of carbonyl (C=O) groups excluding carboxylic acids is 1. The summed E-state index contributed by atoms with van der Waals surface area (Å²) in [6.07, 6.45) is 0. The lowest BCUT2D eigenvalue weighted by molar-refractivity contribution is 0.0951. The van der Waals surface area contributed by atoms with E-state index in [4.69, 9.17) is 0 Å². The lowest BCUT2D eigenvalue weighted by Gasteiger charge is -2.08. The van der Waals surface area contributed by atoms with Crippen LogP contribution in [0.25, 0.3) is 10.2 Å². The maximum absolute atomic E-state index is 12.5. The number of anilines is 1. The Hall–Kier alpha value is -3.56. The SMILES string of the molecule is O=C(NCc1nc2ccccc2s1)c1ccc(NC2=NS(=O)(=O)c3ccccc32)cc1. The lowest BCUT2D eigenvalue weighted by atomic mass is 10.1. The molecule has 0 atom stereocenters. The van der Waals surface area contributed by atoms with Crippen molar-refractivity contribution in [3.8, 4) is 0 Å². The molecule has 0 spiro atoms. The molecule has 0 saturated carbocycles. The third-order valence-electron chi connectivity index (χ3n) is 4.78. The van der Waals surface area contributed by atoms with Crippen molar-refractivity contribution < 1.29 is 13.2 Å². The monoisotopic (exact) mass is 448 g/mol. The molecule has 9 heteroatoms. The van der Waals surface area contributed by atoms with E-state index in [1.807, 2.05) is 24.3 Å². The number of benzene rings is 3. The molecule has 0 saturated heterocycles. The molecule has 1 amide bonds. The van der Waals surface area contributed by atoms with E-state index in [1.54, 1.807) is 53.8 Å². The fourth-order valence-electron chi connectivity index (χ4n) is 3.29. The first kappa shape index (κ1) is 19.4. The number of fused-ring (bicyclic) bond motifs is 2. The van der Waals surface area contributed by atoms with E-state index in [0.29, 0.717) is 23.4 Å². The smallest absolute Gasteiger partial charge is 0.285 e. The van der Waals surface area contributed by atoms with Crippen LogP contribution < -0.4 is 10.6 Å². The fourth-order valence-corrected chi connectivity index (χ4v) is 5.37. The molecule has 5 rings (SSSR count). The number of nitrogens with zero attached hydrogens (tertiary/aromatic N) is 2. The van der Waals surface area contributed by atoms with E-state index >= 15 is 0 Å². The summed E-state index contributed by atoms with van der Waals surface area (Å²) in [4.78, 5) is 17.2. The van der Waals surface area contributed by atoms with E-state index in [0.717, 1.165) is 15.2 Å². The van der Waals surface area contributed by atoms with Crippen LogP contribution in [0.15, 0.2) is 82.1 Å². The highest BCUT2D eigenvalue weighted by atomic mass is 32.2. The van der Waals surface area contributed by atoms with Crippen molar-refractivity contribution in [2.75, 3.05) is 5.32 Å². The van der Waals surface area contributed by atoms with E-state index in [2.05, 4.69) is 20.0 Å². The Kier molecular flexibility index (Phi) is 4.76. The van der Waals surface area contributed by atoms with Gasteiger partial charge in [0.15, 0.2) is 5.84 Å². The number of hydrogen-bond acceptors (Lipinski definition) is 6. The minimum Gasteiger partial charge on any atom is -0.346 e. The lowest BCUT2D eigenvalue weighted by Crippen LogP contribution is -2.22. The maximum Gasteiger partial charge on any atom is 0.285 e. The molecule has 2 heterocycles. The summed E-state index contributed by atoms with van der Waals surface area (Å²) in [5.74, 6) is 0.0561. The Bertz CT molecular complexity index is 1410. The summed E-state index contributed by atoms with van der Waals surface area (Å²) in [7, 11) is -3.68. The van der Waals surface area contributed by atoms with E-state index in [-0.39, 0.29) is 16.6 Å². The van der Waals surface area contributed by atoms with Gasteiger partial charge in [0.05, 0.1) is 16.8 Å². The molecule has 0 bridgehead atoms. The zero-order chi connectivity index (χ0) is 21.4. The molecular formula is C22H16N4O3S2. The average Bonchev–Trinajstić information content (AvgIpc) is 3.31. The van der Waals surface area contributed by atoms with Crippen molar-refractivity contribution in [3.05, 3.63) is 88.9 Å². The quantitative estimate of drug-likeness (QED) is 0.495. The zero-order valence-electron chi connectivity index (χ0n) is 16.1. The zero-order valence-corrected chi connectivity index (χ0v) is 17.7. The van der Waals surface area contributed by atoms with Gasteiger partial charge in [0.25, 0.3) is 15.9 Å². The van der Waals surface area contributed by atoms with Gasteiger partial charge < -0.3 is 10.6 Å². The fraction of sp³-hybridized carbons (Fsp3) is 0.0455. The Balaban J connectivity index is 1.26. The Labute approximate surface area is 182 Å². The van der Waals surface area contributed by atoms with Crippen LogP contribution in [0, 0.1) is 0 Å².